The Hall–Kier alpha value is -2.46. The number of methoxy groups -OCH3 is 2. The molecule has 6 nitrogen and oxygen atoms in total. The van der Waals surface area contributed by atoms with Gasteiger partial charge in [0.1, 0.15) is 17.2 Å². The second kappa shape index (κ2) is 8.05. The molecule has 2 rings (SSSR count). The third-order valence-electron chi connectivity index (χ3n) is 3.60. The minimum Gasteiger partial charge on any atom is -0.497 e. The predicted molar refractivity (Wildman–Crippen MR) is 91.4 cm³/mol. The normalized spacial score (nSPS) is 13.1. The van der Waals surface area contributed by atoms with Crippen LogP contribution in [0.15, 0.2) is 47.4 Å². The van der Waals surface area contributed by atoms with Gasteiger partial charge in [0.2, 0.25) is 10.0 Å². The van der Waals surface area contributed by atoms with E-state index in [1.807, 2.05) is 0 Å². The van der Waals surface area contributed by atoms with E-state index in [4.69, 9.17) is 9.47 Å². The van der Waals surface area contributed by atoms with Gasteiger partial charge in [-0.15, -0.1) is 13.2 Å². The molecule has 2 aromatic carbocycles. The van der Waals surface area contributed by atoms with Crippen molar-refractivity contribution in [2.75, 3.05) is 14.2 Å². The standard InChI is InChI=1S/C17H18F3NO5S/c1-11(15-10-13(24-2)6-9-16(15)25-3)21-27(22,23)14-7-4-12(5-8-14)26-17(18,19)20/h4-11,21H,1-3H3. The number of ether oxygens (including phenoxy) is 3. The summed E-state index contributed by atoms with van der Waals surface area (Å²) in [5, 5.41) is 0. The highest BCUT2D eigenvalue weighted by atomic mass is 32.2. The molecule has 0 saturated carbocycles. The van der Waals surface area contributed by atoms with Crippen LogP contribution in [0.25, 0.3) is 0 Å². The summed E-state index contributed by atoms with van der Waals surface area (Å²) in [6, 6.07) is 8.17. The van der Waals surface area contributed by atoms with E-state index in [1.54, 1.807) is 25.1 Å². The van der Waals surface area contributed by atoms with Crippen LogP contribution in [-0.4, -0.2) is 29.0 Å². The molecule has 0 fully saturated rings. The zero-order valence-corrected chi connectivity index (χ0v) is 15.5. The van der Waals surface area contributed by atoms with E-state index in [-0.39, 0.29) is 4.90 Å². The summed E-state index contributed by atoms with van der Waals surface area (Å²) in [4.78, 5) is -0.203. The van der Waals surface area contributed by atoms with Gasteiger partial charge in [-0.1, -0.05) is 0 Å². The van der Waals surface area contributed by atoms with Gasteiger partial charge in [-0.2, -0.15) is 0 Å². The monoisotopic (exact) mass is 405 g/mol. The summed E-state index contributed by atoms with van der Waals surface area (Å²) in [7, 11) is -1.07. The van der Waals surface area contributed by atoms with Crippen LogP contribution in [0.4, 0.5) is 13.2 Å². The van der Waals surface area contributed by atoms with Crippen LogP contribution >= 0.6 is 0 Å². The van der Waals surface area contributed by atoms with E-state index in [0.29, 0.717) is 17.1 Å². The van der Waals surface area contributed by atoms with Crippen LogP contribution in [0.1, 0.15) is 18.5 Å². The SMILES string of the molecule is COc1ccc(OC)c(C(C)NS(=O)(=O)c2ccc(OC(F)(F)F)cc2)c1. The number of alkyl halides is 3. The quantitative estimate of drug-likeness (QED) is 0.761. The molecule has 0 amide bonds. The maximum absolute atomic E-state index is 12.5. The molecule has 0 aliphatic rings. The van der Waals surface area contributed by atoms with Crippen molar-refractivity contribution in [3.63, 3.8) is 0 Å². The van der Waals surface area contributed by atoms with Crippen LogP contribution in [0, 0.1) is 0 Å². The second-order valence-corrected chi connectivity index (χ2v) is 7.18. The Kier molecular flexibility index (Phi) is 6.22. The summed E-state index contributed by atoms with van der Waals surface area (Å²) in [5.74, 6) is 0.467. The first-order chi connectivity index (χ1) is 12.6. The average molecular weight is 405 g/mol. The van der Waals surface area contributed by atoms with E-state index >= 15 is 0 Å². The van der Waals surface area contributed by atoms with Crippen LogP contribution in [-0.2, 0) is 10.0 Å². The minimum absolute atomic E-state index is 0.203. The maximum atomic E-state index is 12.5. The van der Waals surface area contributed by atoms with Crippen LogP contribution in [0.2, 0.25) is 0 Å². The number of halogens is 3. The average Bonchev–Trinajstić information content (AvgIpc) is 2.59. The summed E-state index contributed by atoms with van der Waals surface area (Å²) >= 11 is 0. The fraction of sp³-hybridized carbons (Fsp3) is 0.294. The van der Waals surface area contributed by atoms with Gasteiger partial charge in [-0.25, -0.2) is 13.1 Å². The number of hydrogen-bond acceptors (Lipinski definition) is 5. The molecular formula is C17H18F3NO5S. The van der Waals surface area contributed by atoms with Gasteiger partial charge >= 0.3 is 6.36 Å². The van der Waals surface area contributed by atoms with Crippen LogP contribution in [0.3, 0.4) is 0 Å². The van der Waals surface area contributed by atoms with Crippen LogP contribution in [0.5, 0.6) is 17.2 Å². The fourth-order valence-electron chi connectivity index (χ4n) is 2.36. The summed E-state index contributed by atoms with van der Waals surface area (Å²) in [5.41, 5.74) is 0.539. The molecule has 0 saturated heterocycles. The number of hydrogen-bond donors (Lipinski definition) is 1. The Morgan fingerprint density at radius 1 is 0.963 bits per heavy atom. The van der Waals surface area contributed by atoms with Gasteiger partial charge in [0.25, 0.3) is 0 Å². The lowest BCUT2D eigenvalue weighted by Gasteiger charge is -2.18. The minimum atomic E-state index is -4.85. The number of sulfonamides is 1. The third kappa shape index (κ3) is 5.51. The first-order valence-electron chi connectivity index (χ1n) is 7.66. The van der Waals surface area contributed by atoms with Crippen molar-refractivity contribution >= 4 is 10.0 Å². The van der Waals surface area contributed by atoms with Gasteiger partial charge in [-0.05, 0) is 49.4 Å². The molecule has 1 atom stereocenters. The zero-order valence-electron chi connectivity index (χ0n) is 14.7. The van der Waals surface area contributed by atoms with Crippen molar-refractivity contribution in [1.29, 1.82) is 0 Å². The highest BCUT2D eigenvalue weighted by Crippen LogP contribution is 2.30. The lowest BCUT2D eigenvalue weighted by molar-refractivity contribution is -0.274. The zero-order chi connectivity index (χ0) is 20.2. The lowest BCUT2D eigenvalue weighted by Crippen LogP contribution is -2.27. The van der Waals surface area contributed by atoms with E-state index < -0.39 is 28.2 Å². The highest BCUT2D eigenvalue weighted by molar-refractivity contribution is 7.89. The molecule has 1 unspecified atom stereocenters. The van der Waals surface area contributed by atoms with Crippen molar-refractivity contribution < 1.29 is 35.8 Å². The number of rotatable bonds is 7. The van der Waals surface area contributed by atoms with Gasteiger partial charge in [-0.3, -0.25) is 0 Å². The van der Waals surface area contributed by atoms with E-state index in [2.05, 4.69) is 9.46 Å². The van der Waals surface area contributed by atoms with Gasteiger partial charge < -0.3 is 14.2 Å². The van der Waals surface area contributed by atoms with E-state index in [0.717, 1.165) is 24.3 Å². The van der Waals surface area contributed by atoms with Crippen molar-refractivity contribution in [3.8, 4) is 17.2 Å². The number of benzene rings is 2. The second-order valence-electron chi connectivity index (χ2n) is 5.47. The molecule has 0 bridgehead atoms. The Morgan fingerprint density at radius 2 is 1.56 bits per heavy atom. The molecule has 0 aliphatic heterocycles. The summed E-state index contributed by atoms with van der Waals surface area (Å²) in [6.07, 6.45) is -4.85. The molecule has 0 heterocycles. The smallest absolute Gasteiger partial charge is 0.497 e. The predicted octanol–water partition coefficient (Wildman–Crippen LogP) is 3.64. The Labute approximate surface area is 154 Å². The summed E-state index contributed by atoms with van der Waals surface area (Å²) in [6.45, 7) is 1.61. The molecule has 0 aromatic heterocycles. The maximum Gasteiger partial charge on any atom is 0.573 e. The molecular weight excluding hydrogens is 387 g/mol. The first-order valence-corrected chi connectivity index (χ1v) is 9.14. The van der Waals surface area contributed by atoms with Crippen molar-refractivity contribution in [1.82, 2.24) is 4.72 Å². The van der Waals surface area contributed by atoms with Crippen molar-refractivity contribution in [2.45, 2.75) is 24.2 Å². The lowest BCUT2D eigenvalue weighted by atomic mass is 10.1. The molecule has 1 N–H and O–H groups in total. The fourth-order valence-corrected chi connectivity index (χ4v) is 3.59. The summed E-state index contributed by atoms with van der Waals surface area (Å²) < 4.78 is 78.2. The van der Waals surface area contributed by atoms with E-state index in [1.165, 1.54) is 14.2 Å². The largest absolute Gasteiger partial charge is 0.573 e. The molecule has 148 valence electrons. The van der Waals surface area contributed by atoms with E-state index in [9.17, 15) is 21.6 Å². The van der Waals surface area contributed by atoms with Crippen molar-refractivity contribution in [2.24, 2.45) is 0 Å². The van der Waals surface area contributed by atoms with Crippen LogP contribution < -0.4 is 18.9 Å². The molecule has 0 radical (unpaired) electrons. The Bertz CT molecular complexity index is 882. The number of nitrogens with one attached hydrogen (secondary N) is 1. The molecule has 0 spiro atoms. The topological polar surface area (TPSA) is 73.9 Å². The molecule has 2 aromatic rings. The van der Waals surface area contributed by atoms with Gasteiger partial charge in [0, 0.05) is 11.6 Å². The van der Waals surface area contributed by atoms with Crippen molar-refractivity contribution in [3.05, 3.63) is 48.0 Å². The molecule has 10 heteroatoms. The third-order valence-corrected chi connectivity index (χ3v) is 5.16. The van der Waals surface area contributed by atoms with Gasteiger partial charge in [0.05, 0.1) is 19.1 Å². The van der Waals surface area contributed by atoms with Gasteiger partial charge in [0.15, 0.2) is 0 Å². The molecule has 0 aliphatic carbocycles. The Morgan fingerprint density at radius 3 is 2.07 bits per heavy atom. The first kappa shape index (κ1) is 20.8. The molecule has 27 heavy (non-hydrogen) atoms. The Balaban J connectivity index is 2.23. The highest BCUT2D eigenvalue weighted by Gasteiger charge is 2.31.